The van der Waals surface area contributed by atoms with Crippen LogP contribution in [-0.2, 0) is 31.4 Å². The number of methoxy groups -OCH3 is 1. The number of hydrogen-bond donors (Lipinski definition) is 2. The van der Waals surface area contributed by atoms with E-state index in [1.807, 2.05) is 25.1 Å². The van der Waals surface area contributed by atoms with Crippen LogP contribution in [0.4, 0.5) is 5.69 Å². The number of nitrogens with one attached hydrogen (secondary N) is 2. The topological polar surface area (TPSA) is 117 Å². The molecule has 2 N–H and O–H groups in total. The van der Waals surface area contributed by atoms with Crippen LogP contribution in [0.2, 0.25) is 5.02 Å². The Labute approximate surface area is 332 Å². The van der Waals surface area contributed by atoms with E-state index in [1.165, 1.54) is 37.3 Å². The van der Waals surface area contributed by atoms with Gasteiger partial charge in [-0.1, -0.05) is 44.5 Å². The average Bonchev–Trinajstić information content (AvgIpc) is 3.47. The van der Waals surface area contributed by atoms with E-state index >= 15 is 0 Å². The lowest BCUT2D eigenvalue weighted by atomic mass is 9.64. The molecule has 3 fully saturated rings. The summed E-state index contributed by atoms with van der Waals surface area (Å²) in [6.45, 7) is 14.9. The van der Waals surface area contributed by atoms with Gasteiger partial charge in [-0.15, -0.1) is 0 Å². The molecule has 4 heterocycles. The standard InChI is InChI=1S/C34H41ClN2O6S.C9H18N2/c1-22-6-4-15-34(20-38,42-3)29-11-8-26(29)18-37-19-33(14-5-7-24-16-27(35)10-12-28(24)33)21-43-31-13-9-25(17-30(31)37)32(39)36-44(40,41)23(22)2;1-8-4-10-5-9(8,2)7-11(3)6-8/h4,9-10,12-13,15-17,20,22-23,26,29H,5-8,11,14,18-19,21H2,1-3H3,(H,36,39);10H,4-7H2,1-3H3/b15-4+;/t22-,23+,26-,29+,33-,34-;8-,9+/m0./s1. The minimum absolute atomic E-state index is 0.0434. The van der Waals surface area contributed by atoms with E-state index in [1.54, 1.807) is 32.2 Å². The van der Waals surface area contributed by atoms with Crippen molar-refractivity contribution in [2.24, 2.45) is 28.6 Å². The summed E-state index contributed by atoms with van der Waals surface area (Å²) < 4.78 is 41.3. The molecule has 300 valence electrons. The Balaban J connectivity index is 0.000000360. The van der Waals surface area contributed by atoms with E-state index in [0.29, 0.717) is 47.7 Å². The molecule has 2 aromatic carbocycles. The lowest BCUT2D eigenvalue weighted by Crippen LogP contribution is -2.53. The Morgan fingerprint density at radius 1 is 1.04 bits per heavy atom. The number of carbonyl (C=O) groups is 2. The third kappa shape index (κ3) is 7.37. The molecular weight excluding hydrogens is 736 g/mol. The highest BCUT2D eigenvalue weighted by molar-refractivity contribution is 7.90. The third-order valence-corrected chi connectivity index (χ3v) is 16.6. The number of aldehydes is 1. The lowest BCUT2D eigenvalue weighted by molar-refractivity contribution is -0.135. The zero-order valence-corrected chi connectivity index (χ0v) is 34.9. The maximum absolute atomic E-state index is 13.4. The van der Waals surface area contributed by atoms with Crippen molar-refractivity contribution >= 4 is 39.5 Å². The minimum atomic E-state index is -3.97. The van der Waals surface area contributed by atoms with Crippen molar-refractivity contribution in [2.75, 3.05) is 64.9 Å². The van der Waals surface area contributed by atoms with E-state index < -0.39 is 26.8 Å². The quantitative estimate of drug-likeness (QED) is 0.279. The number of amides is 1. The summed E-state index contributed by atoms with van der Waals surface area (Å²) in [4.78, 5) is 30.8. The first kappa shape index (κ1) is 40.2. The van der Waals surface area contributed by atoms with Gasteiger partial charge in [-0.3, -0.25) is 9.59 Å². The normalized spacial score (nSPS) is 37.4. The fraction of sp³-hybridized carbons (Fsp3) is 0.628. The van der Waals surface area contributed by atoms with Crippen LogP contribution in [0.15, 0.2) is 48.6 Å². The predicted octanol–water partition coefficient (Wildman–Crippen LogP) is 6.02. The molecule has 2 aromatic rings. The summed E-state index contributed by atoms with van der Waals surface area (Å²) in [5.74, 6) is -0.203. The molecule has 8 rings (SSSR count). The van der Waals surface area contributed by atoms with Crippen LogP contribution >= 0.6 is 11.6 Å². The molecule has 8 atom stereocenters. The summed E-state index contributed by atoms with van der Waals surface area (Å²) in [7, 11) is -0.176. The molecule has 10 nitrogen and oxygen atoms in total. The van der Waals surface area contributed by atoms with Gasteiger partial charge in [0.2, 0.25) is 10.0 Å². The summed E-state index contributed by atoms with van der Waals surface area (Å²) in [6.07, 6.45) is 9.65. The van der Waals surface area contributed by atoms with Gasteiger partial charge in [0.1, 0.15) is 11.4 Å². The number of rotatable bonds is 2. The van der Waals surface area contributed by atoms with E-state index in [4.69, 9.17) is 21.1 Å². The molecular formula is C43H59ClN4O6S. The molecule has 0 aromatic heterocycles. The molecule has 6 aliphatic rings. The number of halogens is 1. The molecule has 2 bridgehead atoms. The number of sulfonamides is 1. The highest BCUT2D eigenvalue weighted by Gasteiger charge is 2.54. The number of nitrogens with zero attached hydrogens (tertiary/aromatic N) is 2. The number of anilines is 1. The van der Waals surface area contributed by atoms with Crippen molar-refractivity contribution in [1.29, 1.82) is 0 Å². The summed E-state index contributed by atoms with van der Waals surface area (Å²) >= 11 is 6.40. The zero-order valence-electron chi connectivity index (χ0n) is 33.3. The van der Waals surface area contributed by atoms with Crippen molar-refractivity contribution in [2.45, 2.75) is 82.5 Å². The van der Waals surface area contributed by atoms with E-state index in [2.05, 4.69) is 52.9 Å². The van der Waals surface area contributed by atoms with Crippen LogP contribution in [0, 0.1) is 28.6 Å². The van der Waals surface area contributed by atoms with Gasteiger partial charge >= 0.3 is 0 Å². The van der Waals surface area contributed by atoms with Crippen LogP contribution < -0.4 is 19.7 Å². The maximum Gasteiger partial charge on any atom is 0.264 e. The summed E-state index contributed by atoms with van der Waals surface area (Å²) in [6, 6.07) is 11.3. The van der Waals surface area contributed by atoms with Crippen LogP contribution in [0.1, 0.15) is 81.3 Å². The Morgan fingerprint density at radius 3 is 2.45 bits per heavy atom. The fourth-order valence-electron chi connectivity index (χ4n) is 10.5. The van der Waals surface area contributed by atoms with Gasteiger partial charge in [0.25, 0.3) is 5.91 Å². The van der Waals surface area contributed by atoms with Crippen molar-refractivity contribution in [3.05, 3.63) is 70.3 Å². The Hall–Kier alpha value is -2.96. The number of benzene rings is 2. The summed E-state index contributed by atoms with van der Waals surface area (Å²) in [5, 5.41) is 3.38. The Bertz CT molecular complexity index is 1920. The van der Waals surface area contributed by atoms with E-state index in [0.717, 1.165) is 44.1 Å². The fourth-order valence-corrected chi connectivity index (χ4v) is 11.9. The van der Waals surface area contributed by atoms with Crippen LogP contribution in [0.25, 0.3) is 0 Å². The number of allylic oxidation sites excluding steroid dienone is 1. The third-order valence-electron chi connectivity index (χ3n) is 14.4. The van der Waals surface area contributed by atoms with Crippen molar-refractivity contribution < 1.29 is 27.5 Å². The Kier molecular flexibility index (Phi) is 11.0. The molecule has 0 radical (unpaired) electrons. The van der Waals surface area contributed by atoms with Crippen molar-refractivity contribution in [1.82, 2.24) is 14.9 Å². The van der Waals surface area contributed by atoms with Gasteiger partial charge < -0.3 is 24.6 Å². The first-order chi connectivity index (χ1) is 26.1. The number of likely N-dealkylation sites (tertiary alicyclic amines) is 1. The van der Waals surface area contributed by atoms with Crippen molar-refractivity contribution in [3.63, 3.8) is 0 Å². The van der Waals surface area contributed by atoms with Crippen molar-refractivity contribution in [3.8, 4) is 5.75 Å². The van der Waals surface area contributed by atoms with E-state index in [-0.39, 0.29) is 28.7 Å². The number of hydrogen-bond acceptors (Lipinski definition) is 9. The van der Waals surface area contributed by atoms with Gasteiger partial charge in [-0.2, -0.15) is 0 Å². The minimum Gasteiger partial charge on any atom is -0.490 e. The highest BCUT2D eigenvalue weighted by atomic mass is 35.5. The molecule has 2 aliphatic carbocycles. The molecule has 55 heavy (non-hydrogen) atoms. The van der Waals surface area contributed by atoms with Gasteiger partial charge in [0, 0.05) is 79.1 Å². The number of carbonyl (C=O) groups excluding carboxylic acids is 2. The van der Waals surface area contributed by atoms with Crippen LogP contribution in [-0.4, -0.2) is 96.4 Å². The smallest absolute Gasteiger partial charge is 0.264 e. The number of ether oxygens (including phenoxy) is 2. The molecule has 1 amide bonds. The number of aryl methyl sites for hydroxylation is 1. The first-order valence-electron chi connectivity index (χ1n) is 20.0. The average molecular weight is 795 g/mol. The molecule has 2 saturated heterocycles. The van der Waals surface area contributed by atoms with Gasteiger partial charge in [0.05, 0.1) is 17.5 Å². The number of fused-ring (bicyclic) bond motifs is 5. The SMILES string of the molecule is CN1C[C@]2(C)CNC[C@]2(C)C1.CO[C@]1(C=O)/C=C/C[C@H](C)[C@@H](C)S(=O)(=O)NC(=O)c2ccc3c(c2)N(C[C@@H]2CC[C@H]21)C[C@@]1(CCCc2cc(Cl)ccc21)CO3. The van der Waals surface area contributed by atoms with Gasteiger partial charge in [0.15, 0.2) is 6.29 Å². The molecule has 4 aliphatic heterocycles. The molecule has 1 spiro atoms. The van der Waals surface area contributed by atoms with Gasteiger partial charge in [-0.05, 0) is 112 Å². The lowest BCUT2D eigenvalue weighted by Gasteiger charge is -2.48. The Morgan fingerprint density at radius 2 is 1.78 bits per heavy atom. The predicted molar refractivity (Wildman–Crippen MR) is 218 cm³/mol. The zero-order chi connectivity index (χ0) is 39.4. The largest absolute Gasteiger partial charge is 0.490 e. The van der Waals surface area contributed by atoms with Crippen LogP contribution in [0.3, 0.4) is 0 Å². The first-order valence-corrected chi connectivity index (χ1v) is 21.9. The molecule has 1 saturated carbocycles. The second-order valence-corrected chi connectivity index (χ2v) is 20.6. The van der Waals surface area contributed by atoms with E-state index in [9.17, 15) is 18.0 Å². The van der Waals surface area contributed by atoms with Crippen LogP contribution in [0.5, 0.6) is 5.75 Å². The summed E-state index contributed by atoms with van der Waals surface area (Å²) in [5.41, 5.74) is 3.11. The second kappa shape index (κ2) is 15.1. The molecule has 12 heteroatoms. The van der Waals surface area contributed by atoms with Gasteiger partial charge in [-0.25, -0.2) is 13.1 Å². The molecule has 0 unspecified atom stereocenters. The maximum atomic E-state index is 13.4. The second-order valence-electron chi connectivity index (χ2n) is 18.1. The highest BCUT2D eigenvalue weighted by Crippen LogP contribution is 2.49. The monoisotopic (exact) mass is 794 g/mol.